The predicted octanol–water partition coefficient (Wildman–Crippen LogP) is 4.08. The minimum Gasteiger partial charge on any atom is -0.479 e. The predicted molar refractivity (Wildman–Crippen MR) is 111 cm³/mol. The van der Waals surface area contributed by atoms with E-state index in [0.717, 1.165) is 22.3 Å². The molecule has 3 aromatic carbocycles. The van der Waals surface area contributed by atoms with Crippen LogP contribution in [-0.4, -0.2) is 30.6 Å². The van der Waals surface area contributed by atoms with Gasteiger partial charge in [-0.25, -0.2) is 9.59 Å². The third-order valence-corrected chi connectivity index (χ3v) is 5.58. The van der Waals surface area contributed by atoms with E-state index in [1.54, 1.807) is 18.2 Å². The molecule has 0 unspecified atom stereocenters. The second-order valence-electron chi connectivity index (χ2n) is 7.35. The second kappa shape index (κ2) is 7.68. The lowest BCUT2D eigenvalue weighted by Crippen LogP contribution is -2.34. The highest BCUT2D eigenvalue weighted by Gasteiger charge is 2.30. The fraction of sp³-hybridized carbons (Fsp3) is 0.167. The molecule has 0 aromatic heterocycles. The number of carboxylic acid groups (broad SMARTS) is 1. The van der Waals surface area contributed by atoms with Crippen LogP contribution in [0.25, 0.3) is 11.1 Å². The van der Waals surface area contributed by atoms with Crippen LogP contribution < -0.4 is 14.8 Å². The third kappa shape index (κ3) is 3.44. The summed E-state index contributed by atoms with van der Waals surface area (Å²) in [6.45, 7) is 0.184. The molecule has 1 atom stereocenters. The van der Waals surface area contributed by atoms with Gasteiger partial charge >= 0.3 is 12.1 Å². The van der Waals surface area contributed by atoms with Gasteiger partial charge in [0, 0.05) is 5.92 Å². The lowest BCUT2D eigenvalue weighted by molar-refractivity contribution is -0.139. The molecule has 0 fully saturated rings. The number of carboxylic acids is 1. The van der Waals surface area contributed by atoms with E-state index >= 15 is 0 Å². The molecule has 31 heavy (non-hydrogen) atoms. The summed E-state index contributed by atoms with van der Waals surface area (Å²) in [4.78, 5) is 24.3. The Morgan fingerprint density at radius 2 is 1.61 bits per heavy atom. The molecule has 0 saturated carbocycles. The molecule has 7 nitrogen and oxygen atoms in total. The molecule has 0 bridgehead atoms. The Morgan fingerprint density at radius 1 is 0.968 bits per heavy atom. The number of rotatable bonds is 5. The van der Waals surface area contributed by atoms with Gasteiger partial charge in [-0.2, -0.15) is 0 Å². The maximum absolute atomic E-state index is 12.5. The van der Waals surface area contributed by atoms with E-state index in [2.05, 4.69) is 5.32 Å². The van der Waals surface area contributed by atoms with E-state index in [9.17, 15) is 14.7 Å². The van der Waals surface area contributed by atoms with E-state index in [-0.39, 0.29) is 19.3 Å². The molecule has 1 heterocycles. The van der Waals surface area contributed by atoms with E-state index in [0.29, 0.717) is 17.1 Å². The van der Waals surface area contributed by atoms with Crippen molar-refractivity contribution in [2.75, 3.05) is 13.4 Å². The minimum absolute atomic E-state index is 0.0797. The van der Waals surface area contributed by atoms with Gasteiger partial charge in [-0.15, -0.1) is 0 Å². The van der Waals surface area contributed by atoms with Crippen LogP contribution in [0.5, 0.6) is 11.5 Å². The van der Waals surface area contributed by atoms with Crippen LogP contribution in [0.4, 0.5) is 4.79 Å². The molecule has 0 saturated heterocycles. The summed E-state index contributed by atoms with van der Waals surface area (Å²) in [6, 6.07) is 19.5. The van der Waals surface area contributed by atoms with Crippen LogP contribution in [0.1, 0.15) is 28.7 Å². The number of hydrogen-bond donors (Lipinski definition) is 2. The first-order valence-corrected chi connectivity index (χ1v) is 9.85. The van der Waals surface area contributed by atoms with Gasteiger partial charge in [-0.05, 0) is 39.9 Å². The number of alkyl carbamates (subject to hydrolysis) is 1. The maximum atomic E-state index is 12.5. The van der Waals surface area contributed by atoms with E-state index in [4.69, 9.17) is 14.2 Å². The molecule has 7 heteroatoms. The molecule has 0 radical (unpaired) electrons. The van der Waals surface area contributed by atoms with Gasteiger partial charge in [-0.1, -0.05) is 54.6 Å². The molecule has 1 aliphatic carbocycles. The Bertz CT molecular complexity index is 1130. The van der Waals surface area contributed by atoms with Crippen LogP contribution >= 0.6 is 0 Å². The van der Waals surface area contributed by atoms with Crippen molar-refractivity contribution in [2.24, 2.45) is 0 Å². The topological polar surface area (TPSA) is 94.1 Å². The lowest BCUT2D eigenvalue weighted by Gasteiger charge is -2.18. The van der Waals surface area contributed by atoms with Crippen molar-refractivity contribution in [1.82, 2.24) is 5.32 Å². The molecule has 156 valence electrons. The quantitative estimate of drug-likeness (QED) is 0.650. The number of nitrogens with one attached hydrogen (secondary N) is 1. The highest BCUT2D eigenvalue weighted by atomic mass is 16.7. The van der Waals surface area contributed by atoms with Crippen molar-refractivity contribution in [3.63, 3.8) is 0 Å². The van der Waals surface area contributed by atoms with Crippen LogP contribution in [-0.2, 0) is 9.53 Å². The summed E-state index contributed by atoms with van der Waals surface area (Å²) < 4.78 is 16.0. The van der Waals surface area contributed by atoms with E-state index in [1.165, 1.54) is 0 Å². The number of amides is 1. The first-order chi connectivity index (χ1) is 15.1. The number of carbonyl (C=O) groups is 2. The minimum atomic E-state index is -1.27. The fourth-order valence-corrected chi connectivity index (χ4v) is 4.14. The van der Waals surface area contributed by atoms with Crippen LogP contribution in [0, 0.1) is 0 Å². The number of fused-ring (bicyclic) bond motifs is 4. The molecule has 0 spiro atoms. The first kappa shape index (κ1) is 19.0. The van der Waals surface area contributed by atoms with Crippen molar-refractivity contribution in [2.45, 2.75) is 12.0 Å². The monoisotopic (exact) mass is 417 g/mol. The molecule has 2 N–H and O–H groups in total. The third-order valence-electron chi connectivity index (χ3n) is 5.58. The average molecular weight is 417 g/mol. The number of carbonyl (C=O) groups excluding carboxylic acids is 1. The van der Waals surface area contributed by atoms with E-state index in [1.807, 2.05) is 48.5 Å². The van der Waals surface area contributed by atoms with Gasteiger partial charge in [0.1, 0.15) is 6.61 Å². The Balaban J connectivity index is 1.31. The van der Waals surface area contributed by atoms with E-state index < -0.39 is 18.1 Å². The average Bonchev–Trinajstić information content (AvgIpc) is 3.38. The molecule has 1 amide bonds. The number of hydrogen-bond acceptors (Lipinski definition) is 5. The van der Waals surface area contributed by atoms with Crippen molar-refractivity contribution < 1.29 is 28.9 Å². The zero-order chi connectivity index (χ0) is 21.4. The fourth-order valence-electron chi connectivity index (χ4n) is 4.14. The first-order valence-electron chi connectivity index (χ1n) is 9.85. The smallest absolute Gasteiger partial charge is 0.408 e. The maximum Gasteiger partial charge on any atom is 0.408 e. The molecule has 2 aliphatic rings. The number of aliphatic carboxylic acids is 1. The Hall–Kier alpha value is -4.00. The summed E-state index contributed by atoms with van der Waals surface area (Å²) >= 11 is 0. The Labute approximate surface area is 178 Å². The summed E-state index contributed by atoms with van der Waals surface area (Å²) in [5, 5.41) is 12.1. The van der Waals surface area contributed by atoms with Gasteiger partial charge in [0.05, 0.1) is 0 Å². The summed E-state index contributed by atoms with van der Waals surface area (Å²) in [7, 11) is 0. The highest BCUT2D eigenvalue weighted by molar-refractivity contribution is 5.82. The zero-order valence-corrected chi connectivity index (χ0v) is 16.4. The molecular weight excluding hydrogens is 398 g/mol. The van der Waals surface area contributed by atoms with Gasteiger partial charge < -0.3 is 24.6 Å². The summed E-state index contributed by atoms with van der Waals surface area (Å²) in [6.07, 6.45) is -0.799. The molecule has 1 aliphatic heterocycles. The summed E-state index contributed by atoms with van der Waals surface area (Å²) in [5.74, 6) is -0.327. The van der Waals surface area contributed by atoms with Crippen molar-refractivity contribution in [3.8, 4) is 22.6 Å². The molecule has 3 aromatic rings. The van der Waals surface area contributed by atoms with Crippen molar-refractivity contribution in [3.05, 3.63) is 83.4 Å². The molecule has 5 rings (SSSR count). The number of benzene rings is 3. The van der Waals surface area contributed by atoms with Crippen LogP contribution in [0.2, 0.25) is 0 Å². The summed E-state index contributed by atoms with van der Waals surface area (Å²) in [5.41, 5.74) is 4.78. The Morgan fingerprint density at radius 3 is 2.29 bits per heavy atom. The van der Waals surface area contributed by atoms with Gasteiger partial charge in [0.15, 0.2) is 17.5 Å². The number of ether oxygens (including phenoxy) is 3. The van der Waals surface area contributed by atoms with Gasteiger partial charge in [0.2, 0.25) is 6.79 Å². The largest absolute Gasteiger partial charge is 0.479 e. The van der Waals surface area contributed by atoms with Crippen molar-refractivity contribution in [1.29, 1.82) is 0 Å². The second-order valence-corrected chi connectivity index (χ2v) is 7.35. The molecular formula is C24H19NO6. The SMILES string of the molecule is O=C(N[C@H](C(=O)O)c1ccc2c(c1)OCO2)OCC1c2ccccc2-c2ccccc21. The van der Waals surface area contributed by atoms with Crippen LogP contribution in [0.15, 0.2) is 66.7 Å². The normalized spacial score (nSPS) is 14.5. The van der Waals surface area contributed by atoms with Gasteiger partial charge in [0.25, 0.3) is 0 Å². The lowest BCUT2D eigenvalue weighted by atomic mass is 9.98. The van der Waals surface area contributed by atoms with Gasteiger partial charge in [-0.3, -0.25) is 0 Å². The van der Waals surface area contributed by atoms with Crippen LogP contribution in [0.3, 0.4) is 0 Å². The Kier molecular flexibility index (Phi) is 4.71. The highest BCUT2D eigenvalue weighted by Crippen LogP contribution is 2.44. The standard InChI is InChI=1S/C24H19NO6/c26-23(27)22(14-9-10-20-21(11-14)31-13-30-20)25-24(28)29-12-19-17-7-3-1-5-15(17)16-6-2-4-8-18(16)19/h1-11,19,22H,12-13H2,(H,25,28)(H,26,27)/t22-/m0/s1. The van der Waals surface area contributed by atoms with Crippen molar-refractivity contribution >= 4 is 12.1 Å². The zero-order valence-electron chi connectivity index (χ0n) is 16.4.